The van der Waals surface area contributed by atoms with Gasteiger partial charge in [0.25, 0.3) is 0 Å². The fourth-order valence-corrected chi connectivity index (χ4v) is 2.17. The average molecular weight is 286 g/mol. The Morgan fingerprint density at radius 3 is 2.67 bits per heavy atom. The maximum Gasteiger partial charge on any atom is 0.337 e. The van der Waals surface area contributed by atoms with E-state index in [0.717, 1.165) is 5.56 Å². The van der Waals surface area contributed by atoms with Crippen LogP contribution in [0.5, 0.6) is 5.75 Å². The van der Waals surface area contributed by atoms with Gasteiger partial charge in [-0.1, -0.05) is 24.3 Å². The molecular formula is C17H18O4. The number of rotatable bonds is 5. The van der Waals surface area contributed by atoms with Gasteiger partial charge in [0.1, 0.15) is 5.75 Å². The van der Waals surface area contributed by atoms with Crippen LogP contribution in [0.4, 0.5) is 0 Å². The molecule has 4 heteroatoms. The van der Waals surface area contributed by atoms with Crippen molar-refractivity contribution in [2.45, 2.75) is 18.9 Å². The number of benzene rings is 2. The highest BCUT2D eigenvalue weighted by Gasteiger charge is 2.10. The summed E-state index contributed by atoms with van der Waals surface area (Å²) in [5.74, 6) is -0.232. The van der Waals surface area contributed by atoms with E-state index in [1.165, 1.54) is 7.11 Å². The van der Waals surface area contributed by atoms with Gasteiger partial charge in [0.05, 0.1) is 18.8 Å². The largest absolute Gasteiger partial charge is 0.508 e. The van der Waals surface area contributed by atoms with Crippen molar-refractivity contribution in [2.75, 3.05) is 7.11 Å². The number of esters is 1. The maximum absolute atomic E-state index is 11.5. The summed E-state index contributed by atoms with van der Waals surface area (Å²) in [5.41, 5.74) is 2.14. The molecule has 0 saturated heterocycles. The number of ether oxygens (including phenoxy) is 1. The van der Waals surface area contributed by atoms with E-state index in [1.54, 1.807) is 42.5 Å². The first-order valence-corrected chi connectivity index (χ1v) is 6.74. The predicted octanol–water partition coefficient (Wildman–Crippen LogP) is 2.85. The van der Waals surface area contributed by atoms with Crippen LogP contribution < -0.4 is 0 Å². The summed E-state index contributed by atoms with van der Waals surface area (Å²) in [6.45, 7) is 0. The van der Waals surface area contributed by atoms with Crippen LogP contribution in [0.1, 0.15) is 34.0 Å². The topological polar surface area (TPSA) is 66.8 Å². The summed E-state index contributed by atoms with van der Waals surface area (Å²) < 4.78 is 4.68. The van der Waals surface area contributed by atoms with Gasteiger partial charge in [-0.25, -0.2) is 4.79 Å². The normalized spacial score (nSPS) is 11.9. The molecule has 110 valence electrons. The van der Waals surface area contributed by atoms with Gasteiger partial charge in [0.2, 0.25) is 0 Å². The molecule has 0 aliphatic heterocycles. The standard InChI is InChI=1S/C17H18O4/c1-21-17(20)14-6-2-4-12(10-14)8-9-16(19)13-5-3-7-15(18)11-13/h2-7,10-11,16,18-19H,8-9H2,1H3. The zero-order chi connectivity index (χ0) is 15.2. The van der Waals surface area contributed by atoms with Crippen LogP contribution >= 0.6 is 0 Å². The Hall–Kier alpha value is -2.33. The molecule has 0 fully saturated rings. The Balaban J connectivity index is 2.01. The van der Waals surface area contributed by atoms with Gasteiger partial charge in [0.15, 0.2) is 0 Å². The Morgan fingerprint density at radius 2 is 1.95 bits per heavy atom. The molecule has 0 aromatic heterocycles. The minimum atomic E-state index is -0.654. The molecule has 0 aliphatic rings. The number of methoxy groups -OCH3 is 1. The van der Waals surface area contributed by atoms with Crippen molar-refractivity contribution in [3.63, 3.8) is 0 Å². The Labute approximate surface area is 123 Å². The molecule has 1 unspecified atom stereocenters. The van der Waals surface area contributed by atoms with Crippen LogP contribution in [0.3, 0.4) is 0 Å². The smallest absolute Gasteiger partial charge is 0.337 e. The molecule has 0 bridgehead atoms. The number of aliphatic hydroxyl groups excluding tert-OH is 1. The molecule has 0 radical (unpaired) electrons. The number of carbonyl (C=O) groups is 1. The molecule has 2 aromatic rings. The minimum absolute atomic E-state index is 0.138. The quantitative estimate of drug-likeness (QED) is 0.829. The number of aryl methyl sites for hydroxylation is 1. The lowest BCUT2D eigenvalue weighted by Gasteiger charge is -2.11. The van der Waals surface area contributed by atoms with Crippen LogP contribution in [0.25, 0.3) is 0 Å². The Kier molecular flexibility index (Phi) is 4.95. The lowest BCUT2D eigenvalue weighted by atomic mass is 10.00. The summed E-state index contributed by atoms with van der Waals surface area (Å²) in [7, 11) is 1.35. The van der Waals surface area contributed by atoms with E-state index in [0.29, 0.717) is 24.0 Å². The zero-order valence-electron chi connectivity index (χ0n) is 11.8. The van der Waals surface area contributed by atoms with Crippen molar-refractivity contribution >= 4 is 5.97 Å². The molecule has 0 saturated carbocycles. The van der Waals surface area contributed by atoms with Crippen molar-refractivity contribution in [1.82, 2.24) is 0 Å². The number of hydrogen-bond acceptors (Lipinski definition) is 4. The maximum atomic E-state index is 11.5. The molecule has 2 rings (SSSR count). The number of phenols is 1. The number of aromatic hydroxyl groups is 1. The van der Waals surface area contributed by atoms with Crippen molar-refractivity contribution in [3.05, 3.63) is 65.2 Å². The van der Waals surface area contributed by atoms with Crippen molar-refractivity contribution in [3.8, 4) is 5.75 Å². The first kappa shape index (κ1) is 15.1. The summed E-state index contributed by atoms with van der Waals surface area (Å²) in [6, 6.07) is 13.7. The Bertz CT molecular complexity index is 622. The third-order valence-corrected chi connectivity index (χ3v) is 3.31. The highest BCUT2D eigenvalue weighted by molar-refractivity contribution is 5.89. The van der Waals surface area contributed by atoms with Gasteiger partial charge in [-0.05, 0) is 48.2 Å². The lowest BCUT2D eigenvalue weighted by Crippen LogP contribution is -2.03. The van der Waals surface area contributed by atoms with E-state index < -0.39 is 6.10 Å². The van der Waals surface area contributed by atoms with Gasteiger partial charge in [0, 0.05) is 0 Å². The van der Waals surface area contributed by atoms with E-state index in [1.807, 2.05) is 6.07 Å². The Morgan fingerprint density at radius 1 is 1.19 bits per heavy atom. The summed E-state index contributed by atoms with van der Waals surface area (Å²) in [6.07, 6.45) is 0.481. The van der Waals surface area contributed by atoms with Crippen molar-refractivity contribution in [2.24, 2.45) is 0 Å². The van der Waals surface area contributed by atoms with Crippen LogP contribution in [0, 0.1) is 0 Å². The monoisotopic (exact) mass is 286 g/mol. The molecule has 0 aliphatic carbocycles. The number of hydrogen-bond donors (Lipinski definition) is 2. The summed E-state index contributed by atoms with van der Waals surface area (Å²) >= 11 is 0. The first-order valence-electron chi connectivity index (χ1n) is 6.74. The highest BCUT2D eigenvalue weighted by Crippen LogP contribution is 2.22. The van der Waals surface area contributed by atoms with Crippen LogP contribution in [0.2, 0.25) is 0 Å². The van der Waals surface area contributed by atoms with Crippen LogP contribution in [-0.2, 0) is 11.2 Å². The van der Waals surface area contributed by atoms with Crippen molar-refractivity contribution in [1.29, 1.82) is 0 Å². The summed E-state index contributed by atoms with van der Waals surface area (Å²) in [5, 5.41) is 19.5. The van der Waals surface area contributed by atoms with E-state index in [-0.39, 0.29) is 11.7 Å². The number of carbonyl (C=O) groups excluding carboxylic acids is 1. The van der Waals surface area contributed by atoms with Gasteiger partial charge >= 0.3 is 5.97 Å². The molecule has 0 spiro atoms. The van der Waals surface area contributed by atoms with E-state index in [9.17, 15) is 15.0 Å². The molecule has 2 aromatic carbocycles. The SMILES string of the molecule is COC(=O)c1cccc(CCC(O)c2cccc(O)c2)c1. The summed E-state index contributed by atoms with van der Waals surface area (Å²) in [4.78, 5) is 11.5. The fraction of sp³-hybridized carbons (Fsp3) is 0.235. The van der Waals surface area contributed by atoms with E-state index in [2.05, 4.69) is 4.74 Å². The first-order chi connectivity index (χ1) is 10.1. The zero-order valence-corrected chi connectivity index (χ0v) is 11.8. The predicted molar refractivity (Wildman–Crippen MR) is 79.2 cm³/mol. The van der Waals surface area contributed by atoms with Gasteiger partial charge < -0.3 is 14.9 Å². The van der Waals surface area contributed by atoms with Crippen LogP contribution in [-0.4, -0.2) is 23.3 Å². The minimum Gasteiger partial charge on any atom is -0.508 e. The van der Waals surface area contributed by atoms with Gasteiger partial charge in [-0.3, -0.25) is 0 Å². The third-order valence-electron chi connectivity index (χ3n) is 3.31. The molecular weight excluding hydrogens is 268 g/mol. The van der Waals surface area contributed by atoms with Crippen molar-refractivity contribution < 1.29 is 19.7 Å². The van der Waals surface area contributed by atoms with E-state index >= 15 is 0 Å². The third kappa shape index (κ3) is 4.07. The molecule has 21 heavy (non-hydrogen) atoms. The molecule has 0 amide bonds. The highest BCUT2D eigenvalue weighted by atomic mass is 16.5. The lowest BCUT2D eigenvalue weighted by molar-refractivity contribution is 0.0600. The second kappa shape index (κ2) is 6.90. The molecule has 2 N–H and O–H groups in total. The van der Waals surface area contributed by atoms with Gasteiger partial charge in [-0.2, -0.15) is 0 Å². The number of phenolic OH excluding ortho intramolecular Hbond substituents is 1. The second-order valence-corrected chi connectivity index (χ2v) is 4.84. The average Bonchev–Trinajstić information content (AvgIpc) is 2.52. The second-order valence-electron chi connectivity index (χ2n) is 4.84. The molecule has 4 nitrogen and oxygen atoms in total. The molecule has 1 atom stereocenters. The van der Waals surface area contributed by atoms with Crippen LogP contribution in [0.15, 0.2) is 48.5 Å². The fourth-order valence-electron chi connectivity index (χ4n) is 2.17. The number of aliphatic hydroxyl groups is 1. The molecule has 0 heterocycles. The van der Waals surface area contributed by atoms with Gasteiger partial charge in [-0.15, -0.1) is 0 Å². The van der Waals surface area contributed by atoms with E-state index in [4.69, 9.17) is 0 Å².